The third-order valence-corrected chi connectivity index (χ3v) is 4.69. The van der Waals surface area contributed by atoms with E-state index >= 15 is 0 Å². The van der Waals surface area contributed by atoms with Crippen LogP contribution in [0.4, 0.5) is 10.5 Å². The van der Waals surface area contributed by atoms with Gasteiger partial charge in [-0.05, 0) is 29.5 Å². The van der Waals surface area contributed by atoms with E-state index < -0.39 is 0 Å². The largest absolute Gasteiger partial charge is 0.334 e. The number of urea groups is 1. The molecule has 0 radical (unpaired) electrons. The van der Waals surface area contributed by atoms with Gasteiger partial charge in [-0.3, -0.25) is 4.90 Å². The van der Waals surface area contributed by atoms with E-state index in [9.17, 15) is 4.79 Å². The Morgan fingerprint density at radius 2 is 1.84 bits per heavy atom. The van der Waals surface area contributed by atoms with Gasteiger partial charge in [-0.1, -0.05) is 62.4 Å². The number of nitrogens with zero attached hydrogens (tertiary/aromatic N) is 1. The van der Waals surface area contributed by atoms with Crippen LogP contribution in [0.3, 0.4) is 0 Å². The summed E-state index contributed by atoms with van der Waals surface area (Å²) in [7, 11) is 0. The molecule has 0 aromatic heterocycles. The molecule has 2 N–H and O–H groups in total. The molecule has 4 nitrogen and oxygen atoms in total. The number of benzene rings is 2. The standard InChI is InChI=1S/C21H27N3O/c1-16(2)19-10-6-7-11-20(19)23-21(25)22-18-12-13-24(15-18)14-17-8-4-3-5-9-17/h3-11,16,18H,12-15H2,1-2H3,(H2,22,23,25). The molecule has 132 valence electrons. The van der Waals surface area contributed by atoms with Crippen molar-refractivity contribution in [1.82, 2.24) is 10.2 Å². The molecule has 1 fully saturated rings. The highest BCUT2D eigenvalue weighted by Crippen LogP contribution is 2.23. The van der Waals surface area contributed by atoms with Crippen molar-refractivity contribution >= 4 is 11.7 Å². The van der Waals surface area contributed by atoms with Crippen LogP contribution in [0.15, 0.2) is 54.6 Å². The first kappa shape index (κ1) is 17.5. The van der Waals surface area contributed by atoms with Crippen LogP contribution in [0.25, 0.3) is 0 Å². The smallest absolute Gasteiger partial charge is 0.319 e. The molecule has 0 saturated carbocycles. The zero-order chi connectivity index (χ0) is 17.6. The number of amides is 2. The second kappa shape index (κ2) is 8.17. The molecular weight excluding hydrogens is 310 g/mol. The summed E-state index contributed by atoms with van der Waals surface area (Å²) in [6.45, 7) is 7.13. The first-order chi connectivity index (χ1) is 12.1. The number of anilines is 1. The number of carbonyl (C=O) groups excluding carboxylic acids is 1. The van der Waals surface area contributed by atoms with E-state index in [0.717, 1.165) is 37.3 Å². The molecule has 4 heteroatoms. The summed E-state index contributed by atoms with van der Waals surface area (Å²) in [4.78, 5) is 14.8. The van der Waals surface area contributed by atoms with Crippen molar-refractivity contribution in [1.29, 1.82) is 0 Å². The Kier molecular flexibility index (Phi) is 5.71. The van der Waals surface area contributed by atoms with E-state index in [1.807, 2.05) is 24.3 Å². The van der Waals surface area contributed by atoms with Crippen LogP contribution in [0.5, 0.6) is 0 Å². The van der Waals surface area contributed by atoms with E-state index in [4.69, 9.17) is 0 Å². The number of para-hydroxylation sites is 1. The van der Waals surface area contributed by atoms with Gasteiger partial charge in [-0.25, -0.2) is 4.79 Å². The minimum absolute atomic E-state index is 0.111. The number of likely N-dealkylation sites (tertiary alicyclic amines) is 1. The van der Waals surface area contributed by atoms with Crippen LogP contribution in [0.2, 0.25) is 0 Å². The second-order valence-corrected chi connectivity index (χ2v) is 7.05. The first-order valence-electron chi connectivity index (χ1n) is 9.04. The summed E-state index contributed by atoms with van der Waals surface area (Å²) in [6.07, 6.45) is 0.992. The lowest BCUT2D eigenvalue weighted by Crippen LogP contribution is -2.39. The summed E-state index contributed by atoms with van der Waals surface area (Å²) in [5.41, 5.74) is 3.38. The van der Waals surface area contributed by atoms with Crippen LogP contribution in [-0.4, -0.2) is 30.1 Å². The predicted octanol–water partition coefficient (Wildman–Crippen LogP) is 4.21. The fraction of sp³-hybridized carbons (Fsp3) is 0.381. The average molecular weight is 337 g/mol. The zero-order valence-corrected chi connectivity index (χ0v) is 15.0. The Labute approximate surface area is 150 Å². The summed E-state index contributed by atoms with van der Waals surface area (Å²) in [6, 6.07) is 18.6. The molecule has 2 aromatic rings. The van der Waals surface area contributed by atoms with E-state index in [2.05, 4.69) is 59.7 Å². The Morgan fingerprint density at radius 1 is 1.12 bits per heavy atom. The molecule has 2 aromatic carbocycles. The molecule has 0 aliphatic carbocycles. The lowest BCUT2D eigenvalue weighted by Gasteiger charge is -2.18. The molecule has 0 bridgehead atoms. The van der Waals surface area contributed by atoms with Crippen LogP contribution < -0.4 is 10.6 Å². The minimum Gasteiger partial charge on any atom is -0.334 e. The summed E-state index contributed by atoms with van der Waals surface area (Å²) in [5.74, 6) is 0.379. The van der Waals surface area contributed by atoms with E-state index in [1.165, 1.54) is 5.56 Å². The van der Waals surface area contributed by atoms with Gasteiger partial charge in [0.2, 0.25) is 0 Å². The lowest BCUT2D eigenvalue weighted by molar-refractivity contribution is 0.247. The molecule has 25 heavy (non-hydrogen) atoms. The Hall–Kier alpha value is -2.33. The normalized spacial score (nSPS) is 17.6. The zero-order valence-electron chi connectivity index (χ0n) is 15.0. The SMILES string of the molecule is CC(C)c1ccccc1NC(=O)NC1CCN(Cc2ccccc2)C1. The van der Waals surface area contributed by atoms with Crippen molar-refractivity contribution in [3.05, 3.63) is 65.7 Å². The van der Waals surface area contributed by atoms with E-state index in [-0.39, 0.29) is 12.1 Å². The van der Waals surface area contributed by atoms with Crippen molar-refractivity contribution in [2.24, 2.45) is 0 Å². The van der Waals surface area contributed by atoms with Crippen molar-refractivity contribution in [2.75, 3.05) is 18.4 Å². The van der Waals surface area contributed by atoms with Gasteiger partial charge in [-0.2, -0.15) is 0 Å². The van der Waals surface area contributed by atoms with Gasteiger partial charge in [0, 0.05) is 31.4 Å². The van der Waals surface area contributed by atoms with E-state index in [0.29, 0.717) is 5.92 Å². The first-order valence-corrected chi connectivity index (χ1v) is 9.04. The Morgan fingerprint density at radius 3 is 2.60 bits per heavy atom. The third kappa shape index (κ3) is 4.83. The number of rotatable bonds is 5. The highest BCUT2D eigenvalue weighted by atomic mass is 16.2. The topological polar surface area (TPSA) is 44.4 Å². The lowest BCUT2D eigenvalue weighted by atomic mass is 10.0. The van der Waals surface area contributed by atoms with Gasteiger partial charge in [0.25, 0.3) is 0 Å². The molecule has 0 spiro atoms. The average Bonchev–Trinajstić information content (AvgIpc) is 3.02. The second-order valence-electron chi connectivity index (χ2n) is 7.05. The maximum Gasteiger partial charge on any atom is 0.319 e. The summed E-state index contributed by atoms with van der Waals surface area (Å²) >= 11 is 0. The molecule has 1 unspecified atom stereocenters. The van der Waals surface area contributed by atoms with Crippen LogP contribution in [0, 0.1) is 0 Å². The molecule has 2 amide bonds. The molecular formula is C21H27N3O. The van der Waals surface area contributed by atoms with Gasteiger partial charge in [0.05, 0.1) is 0 Å². The van der Waals surface area contributed by atoms with Gasteiger partial charge in [0.15, 0.2) is 0 Å². The van der Waals surface area contributed by atoms with Gasteiger partial charge >= 0.3 is 6.03 Å². The monoisotopic (exact) mass is 337 g/mol. The molecule has 1 heterocycles. The maximum atomic E-state index is 12.4. The van der Waals surface area contributed by atoms with Crippen LogP contribution >= 0.6 is 0 Å². The van der Waals surface area contributed by atoms with Crippen molar-refractivity contribution < 1.29 is 4.79 Å². The quantitative estimate of drug-likeness (QED) is 0.858. The van der Waals surface area contributed by atoms with Gasteiger partial charge in [0.1, 0.15) is 0 Å². The van der Waals surface area contributed by atoms with Crippen molar-refractivity contribution in [2.45, 2.75) is 38.8 Å². The van der Waals surface area contributed by atoms with Crippen LogP contribution in [0.1, 0.15) is 37.3 Å². The predicted molar refractivity (Wildman–Crippen MR) is 103 cm³/mol. The minimum atomic E-state index is -0.111. The highest BCUT2D eigenvalue weighted by molar-refractivity contribution is 5.90. The van der Waals surface area contributed by atoms with Crippen LogP contribution in [-0.2, 0) is 6.54 Å². The molecule has 3 rings (SSSR count). The van der Waals surface area contributed by atoms with E-state index in [1.54, 1.807) is 0 Å². The Bertz CT molecular complexity index is 699. The van der Waals surface area contributed by atoms with Gasteiger partial charge in [-0.15, -0.1) is 0 Å². The fourth-order valence-corrected chi connectivity index (χ4v) is 3.39. The number of hydrogen-bond acceptors (Lipinski definition) is 2. The highest BCUT2D eigenvalue weighted by Gasteiger charge is 2.24. The molecule has 1 atom stereocenters. The fourth-order valence-electron chi connectivity index (χ4n) is 3.39. The van der Waals surface area contributed by atoms with Crippen molar-refractivity contribution in [3.63, 3.8) is 0 Å². The van der Waals surface area contributed by atoms with Gasteiger partial charge < -0.3 is 10.6 Å². The molecule has 1 aliphatic heterocycles. The summed E-state index contributed by atoms with van der Waals surface area (Å²) in [5, 5.41) is 6.13. The molecule has 1 saturated heterocycles. The number of hydrogen-bond donors (Lipinski definition) is 2. The summed E-state index contributed by atoms with van der Waals surface area (Å²) < 4.78 is 0. The third-order valence-electron chi connectivity index (χ3n) is 4.69. The molecule has 1 aliphatic rings. The maximum absolute atomic E-state index is 12.4. The Balaban J connectivity index is 1.51. The number of carbonyl (C=O) groups is 1. The number of nitrogens with one attached hydrogen (secondary N) is 2. The van der Waals surface area contributed by atoms with Crippen molar-refractivity contribution in [3.8, 4) is 0 Å².